The Bertz CT molecular complexity index is 1470. The monoisotopic (exact) mass is 503 g/mol. The molecule has 10 nitrogen and oxygen atoms in total. The van der Waals surface area contributed by atoms with Gasteiger partial charge in [0.2, 0.25) is 5.91 Å². The number of amides is 1. The first-order valence-corrected chi connectivity index (χ1v) is 11.7. The second-order valence-electron chi connectivity index (χ2n) is 8.69. The Morgan fingerprint density at radius 3 is 2.81 bits per heavy atom. The molecule has 1 saturated heterocycles. The third-order valence-electron chi connectivity index (χ3n) is 6.02. The van der Waals surface area contributed by atoms with Crippen LogP contribution in [0.4, 0.5) is 21.6 Å². The van der Waals surface area contributed by atoms with E-state index in [4.69, 9.17) is 9.47 Å². The molecule has 190 valence electrons. The van der Waals surface area contributed by atoms with Crippen LogP contribution in [0.25, 0.3) is 17.0 Å². The first-order chi connectivity index (χ1) is 17.9. The largest absolute Gasteiger partial charge is 0.494 e. The molecule has 0 bridgehead atoms. The van der Waals surface area contributed by atoms with Gasteiger partial charge in [0, 0.05) is 24.7 Å². The number of benzene rings is 2. The minimum Gasteiger partial charge on any atom is -0.494 e. The van der Waals surface area contributed by atoms with Crippen molar-refractivity contribution in [2.24, 2.45) is 0 Å². The van der Waals surface area contributed by atoms with Gasteiger partial charge in [0.25, 0.3) is 0 Å². The third kappa shape index (κ3) is 5.21. The van der Waals surface area contributed by atoms with E-state index in [0.717, 1.165) is 19.5 Å². The van der Waals surface area contributed by atoms with Crippen molar-refractivity contribution in [1.82, 2.24) is 24.5 Å². The Balaban J connectivity index is 1.50. The molecule has 1 atom stereocenters. The summed E-state index contributed by atoms with van der Waals surface area (Å²) >= 11 is 0. The number of fused-ring (bicyclic) bond motifs is 1. The molecule has 0 saturated carbocycles. The number of nitrogens with zero attached hydrogens (tertiary/aromatic N) is 5. The third-order valence-corrected chi connectivity index (χ3v) is 6.02. The number of likely N-dealkylation sites (N-methyl/N-ethyl adjacent to an activating group) is 1. The smallest absolute Gasteiger partial charge is 0.247 e. The van der Waals surface area contributed by atoms with E-state index in [0.29, 0.717) is 45.7 Å². The summed E-state index contributed by atoms with van der Waals surface area (Å²) in [6.45, 7) is 5.26. The van der Waals surface area contributed by atoms with Gasteiger partial charge in [0.05, 0.1) is 30.9 Å². The Labute approximate surface area is 212 Å². The SMILES string of the molecule is C=CC(=O)Nc1cc(Nc2cn3c(-c4cccc(F)c4)nnc3cn2)c(OC)cc1OC1CCN(C)C1. The van der Waals surface area contributed by atoms with Gasteiger partial charge < -0.3 is 25.0 Å². The Kier molecular flexibility index (Phi) is 6.69. The second kappa shape index (κ2) is 10.2. The summed E-state index contributed by atoms with van der Waals surface area (Å²) in [6, 6.07) is 9.58. The van der Waals surface area contributed by atoms with Gasteiger partial charge in [0.15, 0.2) is 11.5 Å². The van der Waals surface area contributed by atoms with Crippen LogP contribution in [0.5, 0.6) is 11.5 Å². The highest BCUT2D eigenvalue weighted by Gasteiger charge is 2.23. The van der Waals surface area contributed by atoms with Gasteiger partial charge in [0.1, 0.15) is 29.2 Å². The highest BCUT2D eigenvalue weighted by Crippen LogP contribution is 2.39. The molecule has 1 unspecified atom stereocenters. The van der Waals surface area contributed by atoms with Crippen molar-refractivity contribution < 1.29 is 18.7 Å². The number of hydrogen-bond acceptors (Lipinski definition) is 8. The van der Waals surface area contributed by atoms with Gasteiger partial charge in [-0.25, -0.2) is 9.37 Å². The molecule has 0 aliphatic carbocycles. The topological polar surface area (TPSA) is 106 Å². The fourth-order valence-electron chi connectivity index (χ4n) is 4.21. The van der Waals surface area contributed by atoms with Crippen molar-refractivity contribution in [1.29, 1.82) is 0 Å². The summed E-state index contributed by atoms with van der Waals surface area (Å²) in [6.07, 6.45) is 5.32. The van der Waals surface area contributed by atoms with Gasteiger partial charge >= 0.3 is 0 Å². The standard InChI is InChI=1S/C26H26FN7O3/c1-4-25(35)30-20-11-19(21(36-3)12-22(20)37-18-8-9-33(2)14-18)29-23-15-34-24(13-28-23)31-32-26(34)16-6-5-7-17(27)10-16/h4-7,10-13,15,18,29H,1,8-9,14H2,2-3H3,(H,30,35). The van der Waals surface area contributed by atoms with E-state index in [2.05, 4.69) is 37.3 Å². The predicted octanol–water partition coefficient (Wildman–Crippen LogP) is 3.89. The number of carbonyl (C=O) groups is 1. The molecule has 2 aromatic carbocycles. The molecule has 1 amide bonds. The zero-order chi connectivity index (χ0) is 25.9. The van der Waals surface area contributed by atoms with E-state index in [-0.39, 0.29) is 17.8 Å². The summed E-state index contributed by atoms with van der Waals surface area (Å²) in [7, 11) is 3.59. The van der Waals surface area contributed by atoms with Crippen molar-refractivity contribution >= 4 is 28.7 Å². The molecule has 5 rings (SSSR count). The maximum absolute atomic E-state index is 13.8. The quantitative estimate of drug-likeness (QED) is 0.349. The number of aromatic nitrogens is 4. The van der Waals surface area contributed by atoms with E-state index in [1.165, 1.54) is 18.2 Å². The first-order valence-electron chi connectivity index (χ1n) is 11.7. The zero-order valence-corrected chi connectivity index (χ0v) is 20.4. The number of ether oxygens (including phenoxy) is 2. The molecule has 0 spiro atoms. The molecule has 2 aromatic heterocycles. The molecule has 11 heteroatoms. The van der Waals surface area contributed by atoms with Crippen molar-refractivity contribution in [3.05, 3.63) is 67.3 Å². The molecule has 1 aliphatic heterocycles. The van der Waals surface area contributed by atoms with Crippen LogP contribution in [0.3, 0.4) is 0 Å². The number of anilines is 3. The van der Waals surface area contributed by atoms with E-state index in [1.54, 1.807) is 48.2 Å². The molecule has 1 fully saturated rings. The number of carbonyl (C=O) groups excluding carboxylic acids is 1. The number of hydrogen-bond donors (Lipinski definition) is 2. The van der Waals surface area contributed by atoms with E-state index < -0.39 is 0 Å². The number of rotatable bonds is 8. The molecule has 3 heterocycles. The Morgan fingerprint density at radius 1 is 1.22 bits per heavy atom. The van der Waals surface area contributed by atoms with Crippen LogP contribution in [0.15, 0.2) is 61.4 Å². The van der Waals surface area contributed by atoms with Crippen LogP contribution in [0.2, 0.25) is 0 Å². The number of halogens is 1. The van der Waals surface area contributed by atoms with E-state index in [1.807, 2.05) is 7.05 Å². The average Bonchev–Trinajstić information content (AvgIpc) is 3.50. The van der Waals surface area contributed by atoms with Crippen LogP contribution in [0.1, 0.15) is 6.42 Å². The van der Waals surface area contributed by atoms with Gasteiger partial charge in [-0.2, -0.15) is 0 Å². The highest BCUT2D eigenvalue weighted by atomic mass is 19.1. The van der Waals surface area contributed by atoms with Gasteiger partial charge in [-0.3, -0.25) is 9.20 Å². The van der Waals surface area contributed by atoms with Crippen LogP contribution in [-0.4, -0.2) is 63.7 Å². The van der Waals surface area contributed by atoms with Crippen molar-refractivity contribution in [2.75, 3.05) is 37.9 Å². The summed E-state index contributed by atoms with van der Waals surface area (Å²) in [5.74, 6) is 1.18. The summed E-state index contributed by atoms with van der Waals surface area (Å²) in [5.41, 5.74) is 2.09. The maximum atomic E-state index is 13.8. The van der Waals surface area contributed by atoms with Gasteiger partial charge in [-0.1, -0.05) is 18.7 Å². The highest BCUT2D eigenvalue weighted by molar-refractivity contribution is 6.00. The van der Waals surface area contributed by atoms with Crippen LogP contribution in [0, 0.1) is 5.82 Å². The van der Waals surface area contributed by atoms with E-state index in [9.17, 15) is 9.18 Å². The molecular formula is C26H26FN7O3. The summed E-state index contributed by atoms with van der Waals surface area (Å²) < 4.78 is 27.4. The lowest BCUT2D eigenvalue weighted by atomic mass is 10.2. The van der Waals surface area contributed by atoms with Gasteiger partial charge in [-0.15, -0.1) is 10.2 Å². The fourth-order valence-corrected chi connectivity index (χ4v) is 4.21. The Hall–Kier alpha value is -4.51. The van der Waals surface area contributed by atoms with Crippen molar-refractivity contribution in [3.63, 3.8) is 0 Å². The first kappa shape index (κ1) is 24.2. The normalized spacial score (nSPS) is 15.5. The molecule has 1 aliphatic rings. The molecule has 4 aromatic rings. The fraction of sp³-hybridized carbons (Fsp3) is 0.231. The minimum atomic E-state index is -0.368. The number of nitrogens with one attached hydrogen (secondary N) is 2. The minimum absolute atomic E-state index is 0.00745. The lowest BCUT2D eigenvalue weighted by Crippen LogP contribution is -2.22. The predicted molar refractivity (Wildman–Crippen MR) is 138 cm³/mol. The molecule has 0 radical (unpaired) electrons. The van der Waals surface area contributed by atoms with Crippen LogP contribution < -0.4 is 20.1 Å². The maximum Gasteiger partial charge on any atom is 0.247 e. The van der Waals surface area contributed by atoms with Crippen LogP contribution >= 0.6 is 0 Å². The number of methoxy groups -OCH3 is 1. The summed E-state index contributed by atoms with van der Waals surface area (Å²) in [4.78, 5) is 18.8. The molecule has 37 heavy (non-hydrogen) atoms. The number of likely N-dealkylation sites (tertiary alicyclic amines) is 1. The van der Waals surface area contributed by atoms with Crippen molar-refractivity contribution in [3.8, 4) is 22.9 Å². The lowest BCUT2D eigenvalue weighted by molar-refractivity contribution is -0.111. The van der Waals surface area contributed by atoms with E-state index >= 15 is 0 Å². The Morgan fingerprint density at radius 2 is 2.08 bits per heavy atom. The second-order valence-corrected chi connectivity index (χ2v) is 8.69. The average molecular weight is 504 g/mol. The van der Waals surface area contributed by atoms with Crippen molar-refractivity contribution in [2.45, 2.75) is 12.5 Å². The summed E-state index contributed by atoms with van der Waals surface area (Å²) in [5, 5.41) is 14.4. The molecular weight excluding hydrogens is 477 g/mol. The molecule has 2 N–H and O–H groups in total. The van der Waals surface area contributed by atoms with Gasteiger partial charge in [-0.05, 0) is 37.7 Å². The lowest BCUT2D eigenvalue weighted by Gasteiger charge is -2.20. The van der Waals surface area contributed by atoms with Crippen LogP contribution in [-0.2, 0) is 4.79 Å². The zero-order valence-electron chi connectivity index (χ0n) is 20.4.